The highest BCUT2D eigenvalue weighted by Crippen LogP contribution is 2.33. The summed E-state index contributed by atoms with van der Waals surface area (Å²) in [6, 6.07) is 2.87. The van der Waals surface area contributed by atoms with Crippen LogP contribution in [-0.2, 0) is 4.74 Å². The molecule has 0 unspecified atom stereocenters. The molecule has 1 aliphatic rings. The fourth-order valence-electron chi connectivity index (χ4n) is 2.88. The predicted octanol–water partition coefficient (Wildman–Crippen LogP) is 5.45. The van der Waals surface area contributed by atoms with Gasteiger partial charge in [0, 0.05) is 11.4 Å². The van der Waals surface area contributed by atoms with Crippen LogP contribution in [0.5, 0.6) is 0 Å². The Hall–Kier alpha value is -0.740. The molecule has 0 saturated heterocycles. The molecule has 0 atom stereocenters. The molecule has 3 nitrogen and oxygen atoms in total. The van der Waals surface area contributed by atoms with E-state index in [4.69, 9.17) is 39.5 Å². The van der Waals surface area contributed by atoms with Gasteiger partial charge in [-0.3, -0.25) is 0 Å². The average molecular weight is 378 g/mol. The minimum absolute atomic E-state index is 0.0242. The molecule has 1 N–H and O–H groups in total. The number of aliphatic hydroxyl groups is 1. The molecule has 6 heteroatoms. The Morgan fingerprint density at radius 3 is 2.30 bits per heavy atom. The third-order valence-corrected chi connectivity index (χ3v) is 4.80. The van der Waals surface area contributed by atoms with Crippen LogP contribution in [-0.4, -0.2) is 23.3 Å². The van der Waals surface area contributed by atoms with Crippen molar-refractivity contribution in [2.24, 2.45) is 0 Å². The standard InChI is InChI=1S/C17H19Cl3O3/c1-11(9-17(22)5-3-2-4-6-17)10-23-16(21)15-13(19)7-12(18)8-14(15)20/h7-8,22H,1-6,9-10H2. The summed E-state index contributed by atoms with van der Waals surface area (Å²) >= 11 is 17.8. The number of ether oxygens (including phenoxy) is 1. The van der Waals surface area contributed by atoms with Crippen LogP contribution >= 0.6 is 34.8 Å². The maximum absolute atomic E-state index is 12.1. The number of carbonyl (C=O) groups excluding carboxylic acids is 1. The van der Waals surface area contributed by atoms with Gasteiger partial charge in [-0.05, 0) is 30.5 Å². The zero-order chi connectivity index (χ0) is 17.0. The van der Waals surface area contributed by atoms with Gasteiger partial charge in [-0.2, -0.15) is 0 Å². The maximum Gasteiger partial charge on any atom is 0.341 e. The largest absolute Gasteiger partial charge is 0.458 e. The van der Waals surface area contributed by atoms with Crippen LogP contribution in [0.15, 0.2) is 24.3 Å². The number of carbonyl (C=O) groups is 1. The first-order chi connectivity index (χ1) is 10.8. The van der Waals surface area contributed by atoms with E-state index in [9.17, 15) is 9.90 Å². The van der Waals surface area contributed by atoms with Crippen molar-refractivity contribution in [3.05, 3.63) is 44.9 Å². The molecule has 0 heterocycles. The molecule has 0 aromatic heterocycles. The molecular formula is C17H19Cl3O3. The minimum Gasteiger partial charge on any atom is -0.458 e. The Labute approximate surface area is 151 Å². The number of hydrogen-bond donors (Lipinski definition) is 1. The third kappa shape index (κ3) is 5.12. The molecule has 0 radical (unpaired) electrons. The predicted molar refractivity (Wildman–Crippen MR) is 93.5 cm³/mol. The second-order valence-corrected chi connectivity index (χ2v) is 7.28. The number of hydrogen-bond acceptors (Lipinski definition) is 3. The van der Waals surface area contributed by atoms with Gasteiger partial charge in [0.2, 0.25) is 0 Å². The summed E-state index contributed by atoms with van der Waals surface area (Å²) in [6.07, 6.45) is 5.13. The van der Waals surface area contributed by atoms with Crippen molar-refractivity contribution in [1.29, 1.82) is 0 Å². The Morgan fingerprint density at radius 1 is 1.17 bits per heavy atom. The number of benzene rings is 1. The highest BCUT2D eigenvalue weighted by molar-refractivity contribution is 6.41. The van der Waals surface area contributed by atoms with Gasteiger partial charge in [0.05, 0.1) is 21.2 Å². The highest BCUT2D eigenvalue weighted by atomic mass is 35.5. The van der Waals surface area contributed by atoms with E-state index >= 15 is 0 Å². The molecule has 0 aliphatic heterocycles. The van der Waals surface area contributed by atoms with Crippen LogP contribution in [0.4, 0.5) is 0 Å². The van der Waals surface area contributed by atoms with Crippen molar-refractivity contribution >= 4 is 40.8 Å². The fourth-order valence-corrected chi connectivity index (χ4v) is 3.85. The van der Waals surface area contributed by atoms with Gasteiger partial charge in [0.15, 0.2) is 0 Å². The first-order valence-electron chi connectivity index (χ1n) is 7.51. The van der Waals surface area contributed by atoms with Gasteiger partial charge >= 0.3 is 5.97 Å². The Morgan fingerprint density at radius 2 is 1.74 bits per heavy atom. The van der Waals surface area contributed by atoms with Crippen molar-refractivity contribution < 1.29 is 14.6 Å². The first kappa shape index (κ1) is 18.6. The Kier molecular flexibility index (Phi) is 6.38. The van der Waals surface area contributed by atoms with Crippen molar-refractivity contribution in [2.45, 2.75) is 44.1 Å². The molecule has 1 saturated carbocycles. The van der Waals surface area contributed by atoms with Gasteiger partial charge in [-0.15, -0.1) is 0 Å². The van der Waals surface area contributed by atoms with Crippen LogP contribution in [0, 0.1) is 0 Å². The summed E-state index contributed by atoms with van der Waals surface area (Å²) in [5, 5.41) is 11.1. The lowest BCUT2D eigenvalue weighted by Crippen LogP contribution is -2.32. The van der Waals surface area contributed by atoms with E-state index in [-0.39, 0.29) is 22.2 Å². The molecule has 1 aliphatic carbocycles. The van der Waals surface area contributed by atoms with E-state index in [0.717, 1.165) is 32.1 Å². The molecule has 0 spiro atoms. The molecule has 1 fully saturated rings. The lowest BCUT2D eigenvalue weighted by atomic mass is 9.81. The number of halogens is 3. The van der Waals surface area contributed by atoms with Crippen molar-refractivity contribution in [2.75, 3.05) is 6.61 Å². The van der Waals surface area contributed by atoms with Gasteiger partial charge in [-0.1, -0.05) is 60.6 Å². The lowest BCUT2D eigenvalue weighted by molar-refractivity contribution is 0.00125. The minimum atomic E-state index is -0.725. The van der Waals surface area contributed by atoms with Crippen LogP contribution < -0.4 is 0 Å². The van der Waals surface area contributed by atoms with E-state index in [2.05, 4.69) is 6.58 Å². The Balaban J connectivity index is 1.93. The van der Waals surface area contributed by atoms with E-state index < -0.39 is 11.6 Å². The van der Waals surface area contributed by atoms with Crippen LogP contribution in [0.1, 0.15) is 48.9 Å². The molecular weight excluding hydrogens is 359 g/mol. The molecule has 0 amide bonds. The zero-order valence-electron chi connectivity index (χ0n) is 12.7. The smallest absolute Gasteiger partial charge is 0.341 e. The van der Waals surface area contributed by atoms with E-state index in [1.807, 2.05) is 0 Å². The van der Waals surface area contributed by atoms with Crippen molar-refractivity contribution in [3.8, 4) is 0 Å². The first-order valence-corrected chi connectivity index (χ1v) is 8.65. The number of rotatable bonds is 5. The zero-order valence-corrected chi connectivity index (χ0v) is 15.0. The van der Waals surface area contributed by atoms with Crippen LogP contribution in [0.3, 0.4) is 0 Å². The monoisotopic (exact) mass is 376 g/mol. The molecule has 126 valence electrons. The van der Waals surface area contributed by atoms with Crippen molar-refractivity contribution in [3.63, 3.8) is 0 Å². The SMILES string of the molecule is C=C(COC(=O)c1c(Cl)cc(Cl)cc1Cl)CC1(O)CCCCC1. The summed E-state index contributed by atoms with van der Waals surface area (Å²) in [4.78, 5) is 12.1. The van der Waals surface area contributed by atoms with Crippen LogP contribution in [0.2, 0.25) is 15.1 Å². The summed E-state index contributed by atoms with van der Waals surface area (Å²) in [5.41, 5.74) is 0.0305. The molecule has 2 rings (SSSR count). The topological polar surface area (TPSA) is 46.5 Å². The second-order valence-electron chi connectivity index (χ2n) is 6.03. The van der Waals surface area contributed by atoms with Gasteiger partial charge < -0.3 is 9.84 Å². The van der Waals surface area contributed by atoms with Crippen LogP contribution in [0.25, 0.3) is 0 Å². The third-order valence-electron chi connectivity index (χ3n) is 3.98. The lowest BCUT2D eigenvalue weighted by Gasteiger charge is -2.32. The molecule has 1 aromatic carbocycles. The summed E-state index contributed by atoms with van der Waals surface area (Å²) < 4.78 is 5.22. The van der Waals surface area contributed by atoms with E-state index in [1.165, 1.54) is 12.1 Å². The highest BCUT2D eigenvalue weighted by Gasteiger charge is 2.30. The normalized spacial score (nSPS) is 16.9. The Bertz CT molecular complexity index is 584. The molecule has 0 bridgehead atoms. The number of esters is 1. The van der Waals surface area contributed by atoms with Gasteiger partial charge in [0.25, 0.3) is 0 Å². The fraction of sp³-hybridized carbons (Fsp3) is 0.471. The molecule has 1 aromatic rings. The van der Waals surface area contributed by atoms with E-state index in [1.54, 1.807) is 0 Å². The summed E-state index contributed by atoms with van der Waals surface area (Å²) in [5.74, 6) is -0.631. The van der Waals surface area contributed by atoms with Gasteiger partial charge in [0.1, 0.15) is 6.61 Å². The average Bonchev–Trinajstić information content (AvgIpc) is 2.44. The van der Waals surface area contributed by atoms with E-state index in [0.29, 0.717) is 17.0 Å². The molecule has 23 heavy (non-hydrogen) atoms. The second kappa shape index (κ2) is 7.89. The maximum atomic E-state index is 12.1. The van der Waals surface area contributed by atoms with Gasteiger partial charge in [-0.25, -0.2) is 4.79 Å². The summed E-state index contributed by atoms with van der Waals surface area (Å²) in [6.45, 7) is 3.92. The summed E-state index contributed by atoms with van der Waals surface area (Å²) in [7, 11) is 0. The quantitative estimate of drug-likeness (QED) is 0.548. The van der Waals surface area contributed by atoms with Crippen molar-refractivity contribution in [1.82, 2.24) is 0 Å².